The van der Waals surface area contributed by atoms with E-state index in [0.29, 0.717) is 6.04 Å². The molecular formula is C12H21NOS2. The summed E-state index contributed by atoms with van der Waals surface area (Å²) in [6, 6.07) is 4.46. The molecule has 4 heteroatoms. The minimum Gasteiger partial charge on any atom is -0.314 e. The molecule has 0 fully saturated rings. The van der Waals surface area contributed by atoms with Gasteiger partial charge >= 0.3 is 0 Å². The van der Waals surface area contributed by atoms with E-state index in [0.717, 1.165) is 29.3 Å². The monoisotopic (exact) mass is 259 g/mol. The van der Waals surface area contributed by atoms with Crippen LogP contribution in [0.4, 0.5) is 0 Å². The predicted octanol–water partition coefficient (Wildman–Crippen LogP) is 3.02. The smallest absolute Gasteiger partial charge is 0.0910 e. The molecule has 0 aliphatic carbocycles. The fourth-order valence-electron chi connectivity index (χ4n) is 1.51. The maximum atomic E-state index is 11.8. The van der Waals surface area contributed by atoms with Gasteiger partial charge in [-0.3, -0.25) is 4.21 Å². The Morgan fingerprint density at radius 1 is 1.56 bits per heavy atom. The lowest BCUT2D eigenvalue weighted by atomic mass is 10.2. The Bertz CT molecular complexity index is 298. The average molecular weight is 259 g/mol. The van der Waals surface area contributed by atoms with Crippen molar-refractivity contribution < 1.29 is 4.21 Å². The van der Waals surface area contributed by atoms with Crippen LogP contribution in [0, 0.1) is 0 Å². The molecule has 2 unspecified atom stereocenters. The van der Waals surface area contributed by atoms with E-state index < -0.39 is 10.8 Å². The molecule has 0 saturated heterocycles. The van der Waals surface area contributed by atoms with Crippen molar-refractivity contribution in [3.63, 3.8) is 0 Å². The molecule has 92 valence electrons. The first-order valence-corrected chi connectivity index (χ1v) is 8.09. The Labute approximate surface area is 105 Å². The van der Waals surface area contributed by atoms with E-state index in [4.69, 9.17) is 0 Å². The molecule has 0 radical (unpaired) electrons. The van der Waals surface area contributed by atoms with Crippen molar-refractivity contribution in [3.8, 4) is 0 Å². The van der Waals surface area contributed by atoms with E-state index in [1.165, 1.54) is 6.42 Å². The maximum Gasteiger partial charge on any atom is 0.0910 e. The highest BCUT2D eigenvalue weighted by Gasteiger charge is 2.06. The Balaban J connectivity index is 2.13. The van der Waals surface area contributed by atoms with E-state index in [1.807, 2.05) is 17.5 Å². The van der Waals surface area contributed by atoms with Crippen molar-refractivity contribution in [2.24, 2.45) is 0 Å². The molecule has 0 bridgehead atoms. The summed E-state index contributed by atoms with van der Waals surface area (Å²) in [7, 11) is -0.784. The number of hydrogen-bond acceptors (Lipinski definition) is 3. The van der Waals surface area contributed by atoms with Gasteiger partial charge in [0.2, 0.25) is 0 Å². The van der Waals surface area contributed by atoms with Crippen LogP contribution in [0.15, 0.2) is 21.7 Å². The first-order chi connectivity index (χ1) is 7.74. The van der Waals surface area contributed by atoms with Crippen LogP contribution in [0.25, 0.3) is 0 Å². The molecule has 0 aliphatic heterocycles. The van der Waals surface area contributed by atoms with Crippen LogP contribution in [0.1, 0.15) is 33.1 Å². The quantitative estimate of drug-likeness (QED) is 0.777. The van der Waals surface area contributed by atoms with Crippen LogP contribution in [0.2, 0.25) is 0 Å². The van der Waals surface area contributed by atoms with Crippen LogP contribution in [-0.4, -0.2) is 22.5 Å². The minimum atomic E-state index is -0.784. The average Bonchev–Trinajstić information content (AvgIpc) is 2.79. The lowest BCUT2D eigenvalue weighted by Gasteiger charge is -2.12. The van der Waals surface area contributed by atoms with Gasteiger partial charge in [-0.05, 0) is 44.2 Å². The number of rotatable bonds is 8. The Morgan fingerprint density at radius 2 is 2.38 bits per heavy atom. The SMILES string of the molecule is CCCNC(C)CCCS(=O)c1cccs1. The molecule has 0 saturated carbocycles. The third-order valence-corrected chi connectivity index (χ3v) is 5.18. The van der Waals surface area contributed by atoms with Gasteiger partial charge in [-0.25, -0.2) is 0 Å². The molecule has 1 heterocycles. The van der Waals surface area contributed by atoms with Gasteiger partial charge in [-0.2, -0.15) is 0 Å². The van der Waals surface area contributed by atoms with Gasteiger partial charge in [0.05, 0.1) is 15.0 Å². The summed E-state index contributed by atoms with van der Waals surface area (Å²) in [5.41, 5.74) is 0. The fourth-order valence-corrected chi connectivity index (χ4v) is 3.66. The molecule has 2 atom stereocenters. The minimum absolute atomic E-state index is 0.542. The molecular weight excluding hydrogens is 238 g/mol. The Kier molecular flexibility index (Phi) is 6.92. The first kappa shape index (κ1) is 13.9. The summed E-state index contributed by atoms with van der Waals surface area (Å²) in [6.07, 6.45) is 3.31. The second kappa shape index (κ2) is 7.98. The van der Waals surface area contributed by atoms with E-state index in [9.17, 15) is 4.21 Å². The van der Waals surface area contributed by atoms with Crippen molar-refractivity contribution in [1.29, 1.82) is 0 Å². The van der Waals surface area contributed by atoms with Crippen molar-refractivity contribution >= 4 is 22.1 Å². The summed E-state index contributed by atoms with van der Waals surface area (Å²) >= 11 is 1.59. The van der Waals surface area contributed by atoms with Crippen molar-refractivity contribution in [3.05, 3.63) is 17.5 Å². The molecule has 0 aliphatic rings. The normalized spacial score (nSPS) is 14.9. The summed E-state index contributed by atoms with van der Waals surface area (Å²) in [4.78, 5) is 0. The molecule has 1 rings (SSSR count). The van der Waals surface area contributed by atoms with Gasteiger partial charge in [-0.15, -0.1) is 11.3 Å². The Morgan fingerprint density at radius 3 is 3.00 bits per heavy atom. The van der Waals surface area contributed by atoms with Crippen LogP contribution in [0.5, 0.6) is 0 Å². The van der Waals surface area contributed by atoms with Crippen molar-refractivity contribution in [2.75, 3.05) is 12.3 Å². The second-order valence-electron chi connectivity index (χ2n) is 3.98. The zero-order valence-electron chi connectivity index (χ0n) is 10.1. The predicted molar refractivity (Wildman–Crippen MR) is 72.6 cm³/mol. The Hall–Kier alpha value is -0.190. The molecule has 0 spiro atoms. The van der Waals surface area contributed by atoms with Crippen molar-refractivity contribution in [1.82, 2.24) is 5.32 Å². The molecule has 1 N–H and O–H groups in total. The molecule has 0 aromatic carbocycles. The zero-order valence-corrected chi connectivity index (χ0v) is 11.7. The molecule has 2 nitrogen and oxygen atoms in total. The highest BCUT2D eigenvalue weighted by Crippen LogP contribution is 2.15. The second-order valence-corrected chi connectivity index (χ2v) is 6.72. The van der Waals surface area contributed by atoms with Gasteiger partial charge in [0.25, 0.3) is 0 Å². The maximum absolute atomic E-state index is 11.8. The van der Waals surface area contributed by atoms with Gasteiger partial charge in [0.15, 0.2) is 0 Å². The molecule has 16 heavy (non-hydrogen) atoms. The largest absolute Gasteiger partial charge is 0.314 e. The lowest BCUT2D eigenvalue weighted by molar-refractivity contribution is 0.509. The van der Waals surface area contributed by atoms with E-state index in [-0.39, 0.29) is 0 Å². The van der Waals surface area contributed by atoms with Crippen LogP contribution < -0.4 is 5.32 Å². The highest BCUT2D eigenvalue weighted by atomic mass is 32.2. The van der Waals surface area contributed by atoms with E-state index >= 15 is 0 Å². The van der Waals surface area contributed by atoms with Gasteiger partial charge < -0.3 is 5.32 Å². The van der Waals surface area contributed by atoms with Gasteiger partial charge in [0, 0.05) is 11.8 Å². The molecule has 0 amide bonds. The van der Waals surface area contributed by atoms with Crippen LogP contribution >= 0.6 is 11.3 Å². The van der Waals surface area contributed by atoms with Crippen LogP contribution in [0.3, 0.4) is 0 Å². The van der Waals surface area contributed by atoms with Crippen LogP contribution in [-0.2, 0) is 10.8 Å². The third kappa shape index (κ3) is 5.23. The standard InChI is InChI=1S/C12H21NOS2/c1-3-8-13-11(2)6-5-10-16(14)12-7-4-9-15-12/h4,7,9,11,13H,3,5-6,8,10H2,1-2H3. The van der Waals surface area contributed by atoms with Gasteiger partial charge in [-0.1, -0.05) is 13.0 Å². The van der Waals surface area contributed by atoms with E-state index in [2.05, 4.69) is 19.2 Å². The number of thiophene rings is 1. The molecule has 1 aromatic heterocycles. The lowest BCUT2D eigenvalue weighted by Crippen LogP contribution is -2.26. The van der Waals surface area contributed by atoms with Gasteiger partial charge in [0.1, 0.15) is 0 Å². The highest BCUT2D eigenvalue weighted by molar-refractivity contribution is 7.87. The summed E-state index contributed by atoms with van der Waals surface area (Å²) in [5, 5.41) is 5.43. The zero-order chi connectivity index (χ0) is 11.8. The summed E-state index contributed by atoms with van der Waals surface area (Å²) in [6.45, 7) is 5.45. The topological polar surface area (TPSA) is 29.1 Å². The number of hydrogen-bond donors (Lipinski definition) is 1. The summed E-state index contributed by atoms with van der Waals surface area (Å²) in [5.74, 6) is 0.790. The van der Waals surface area contributed by atoms with E-state index in [1.54, 1.807) is 11.3 Å². The fraction of sp³-hybridized carbons (Fsp3) is 0.667. The summed E-state index contributed by atoms with van der Waals surface area (Å²) < 4.78 is 12.8. The third-order valence-electron chi connectivity index (χ3n) is 2.43. The van der Waals surface area contributed by atoms with Crippen molar-refractivity contribution in [2.45, 2.75) is 43.4 Å². The first-order valence-electron chi connectivity index (χ1n) is 5.89. The molecule has 1 aromatic rings. The number of nitrogens with one attached hydrogen (secondary N) is 1.